The summed E-state index contributed by atoms with van der Waals surface area (Å²) in [7, 11) is 0. The van der Waals surface area contributed by atoms with Crippen LogP contribution in [0.2, 0.25) is 0 Å². The van der Waals surface area contributed by atoms with Crippen LogP contribution in [0, 0.1) is 0 Å². The van der Waals surface area contributed by atoms with Crippen molar-refractivity contribution in [1.82, 2.24) is 5.32 Å². The van der Waals surface area contributed by atoms with Crippen LogP contribution in [0.25, 0.3) is 0 Å². The van der Waals surface area contributed by atoms with Gasteiger partial charge in [-0.15, -0.1) is 0 Å². The molecule has 0 radical (unpaired) electrons. The fourth-order valence-corrected chi connectivity index (χ4v) is 2.43. The number of rotatable bonds is 2. The van der Waals surface area contributed by atoms with Crippen LogP contribution in [-0.4, -0.2) is 28.0 Å². The molecule has 1 aliphatic rings. The molecule has 1 aliphatic carbocycles. The number of nitrogens with two attached hydrogens (primary N) is 1. The summed E-state index contributed by atoms with van der Waals surface area (Å²) in [6.07, 6.45) is -0.893. The van der Waals surface area contributed by atoms with Crippen molar-refractivity contribution in [2.75, 3.05) is 5.73 Å². The number of anilines is 1. The number of aromatic hydroxyl groups is 1. The third kappa shape index (κ3) is 8.38. The Morgan fingerprint density at radius 3 is 2.22 bits per heavy atom. The van der Waals surface area contributed by atoms with Crippen LogP contribution in [-0.2, 0) is 17.5 Å². The number of halogens is 3. The molecule has 1 amide bonds. The van der Waals surface area contributed by atoms with E-state index in [9.17, 15) is 23.1 Å². The molecule has 2 rings (SSSR count). The zero-order valence-electron chi connectivity index (χ0n) is 15.7. The number of carbonyl (C=O) groups is 1. The Kier molecular flexibility index (Phi) is 7.77. The van der Waals surface area contributed by atoms with Gasteiger partial charge in [-0.3, -0.25) is 0 Å². The maximum absolute atomic E-state index is 12.7. The number of benzene rings is 1. The minimum Gasteiger partial charge on any atom is -0.505 e. The monoisotopic (exact) mass is 392 g/mol. The van der Waals surface area contributed by atoms with E-state index in [1.165, 1.54) is 12.8 Å². The molecule has 0 bridgehead atoms. The van der Waals surface area contributed by atoms with E-state index in [2.05, 4.69) is 5.32 Å². The van der Waals surface area contributed by atoms with E-state index < -0.39 is 34.9 Å². The highest BCUT2D eigenvalue weighted by Crippen LogP contribution is 2.39. The SMILES string of the molecule is CC(C)(C)OC(=O)NCc1cc(N)c(O)c(C(F)(F)F)c1.OC1CCCC1. The molecule has 0 aromatic heterocycles. The highest BCUT2D eigenvalue weighted by molar-refractivity contribution is 5.68. The summed E-state index contributed by atoms with van der Waals surface area (Å²) in [5.41, 5.74) is 3.06. The Hall–Kier alpha value is -2.16. The van der Waals surface area contributed by atoms with Crippen LogP contribution in [0.4, 0.5) is 23.7 Å². The number of hydrogen-bond acceptors (Lipinski definition) is 5. The molecule has 154 valence electrons. The van der Waals surface area contributed by atoms with Crippen molar-refractivity contribution in [3.05, 3.63) is 23.3 Å². The number of carbonyl (C=O) groups excluding carboxylic acids is 1. The minimum atomic E-state index is -4.74. The molecule has 1 fully saturated rings. The third-order valence-corrected chi connectivity index (χ3v) is 3.67. The second-order valence-corrected chi connectivity index (χ2v) is 7.37. The minimum absolute atomic E-state index is 0.0463. The zero-order valence-corrected chi connectivity index (χ0v) is 15.7. The molecular weight excluding hydrogens is 365 g/mol. The summed E-state index contributed by atoms with van der Waals surface area (Å²) >= 11 is 0. The fraction of sp³-hybridized carbons (Fsp3) is 0.611. The van der Waals surface area contributed by atoms with Crippen LogP contribution in [0.1, 0.15) is 57.6 Å². The van der Waals surface area contributed by atoms with Gasteiger partial charge in [0.25, 0.3) is 0 Å². The molecule has 1 aromatic rings. The Bertz CT molecular complexity index is 637. The second kappa shape index (κ2) is 9.16. The van der Waals surface area contributed by atoms with Gasteiger partial charge >= 0.3 is 12.3 Å². The van der Waals surface area contributed by atoms with E-state index in [-0.39, 0.29) is 18.2 Å². The van der Waals surface area contributed by atoms with Crippen LogP contribution in [0.15, 0.2) is 12.1 Å². The lowest BCUT2D eigenvalue weighted by Gasteiger charge is -2.20. The Morgan fingerprint density at radius 2 is 1.81 bits per heavy atom. The number of alkyl carbamates (subject to hydrolysis) is 1. The number of aliphatic hydroxyl groups is 1. The zero-order chi connectivity index (χ0) is 20.8. The highest BCUT2D eigenvalue weighted by atomic mass is 19.4. The molecule has 0 heterocycles. The molecule has 1 aromatic carbocycles. The highest BCUT2D eigenvalue weighted by Gasteiger charge is 2.35. The van der Waals surface area contributed by atoms with Crippen LogP contribution in [0.3, 0.4) is 0 Å². The molecule has 1 saturated carbocycles. The molecule has 0 atom stereocenters. The Balaban J connectivity index is 0.000000511. The van der Waals surface area contributed by atoms with Crippen molar-refractivity contribution >= 4 is 11.8 Å². The first-order valence-electron chi connectivity index (χ1n) is 8.63. The van der Waals surface area contributed by atoms with Gasteiger partial charge in [-0.1, -0.05) is 12.8 Å². The summed E-state index contributed by atoms with van der Waals surface area (Å²) in [4.78, 5) is 11.4. The van der Waals surface area contributed by atoms with Crippen molar-refractivity contribution in [2.24, 2.45) is 0 Å². The first-order chi connectivity index (χ1) is 12.3. The largest absolute Gasteiger partial charge is 0.505 e. The van der Waals surface area contributed by atoms with Gasteiger partial charge in [0.1, 0.15) is 5.60 Å². The van der Waals surface area contributed by atoms with Gasteiger partial charge in [0.05, 0.1) is 17.4 Å². The average molecular weight is 392 g/mol. The lowest BCUT2D eigenvalue weighted by molar-refractivity contribution is -0.138. The van der Waals surface area contributed by atoms with Crippen molar-refractivity contribution in [1.29, 1.82) is 0 Å². The summed E-state index contributed by atoms with van der Waals surface area (Å²) in [6.45, 7) is 4.77. The van der Waals surface area contributed by atoms with Crippen LogP contribution in [0.5, 0.6) is 5.75 Å². The third-order valence-electron chi connectivity index (χ3n) is 3.67. The smallest absolute Gasteiger partial charge is 0.420 e. The molecule has 5 N–H and O–H groups in total. The second-order valence-electron chi connectivity index (χ2n) is 7.37. The van der Waals surface area contributed by atoms with Crippen molar-refractivity contribution < 1.29 is 32.9 Å². The molecular formula is C18H27F3N2O4. The molecule has 0 saturated heterocycles. The van der Waals surface area contributed by atoms with Gasteiger partial charge in [0.15, 0.2) is 5.75 Å². The lowest BCUT2D eigenvalue weighted by atomic mass is 10.1. The van der Waals surface area contributed by atoms with Gasteiger partial charge in [-0.2, -0.15) is 13.2 Å². The number of amides is 1. The first kappa shape index (κ1) is 22.9. The van der Waals surface area contributed by atoms with Crippen LogP contribution >= 0.6 is 0 Å². The summed E-state index contributed by atoms with van der Waals surface area (Å²) in [6, 6.07) is 1.88. The fourth-order valence-electron chi connectivity index (χ4n) is 2.43. The van der Waals surface area contributed by atoms with E-state index >= 15 is 0 Å². The first-order valence-corrected chi connectivity index (χ1v) is 8.63. The normalized spacial score (nSPS) is 15.1. The van der Waals surface area contributed by atoms with E-state index in [4.69, 9.17) is 15.6 Å². The molecule has 0 aliphatic heterocycles. The maximum Gasteiger partial charge on any atom is 0.420 e. The van der Waals surface area contributed by atoms with Crippen molar-refractivity contribution in [3.8, 4) is 5.75 Å². The standard InChI is InChI=1S/C13H17F3N2O3.C5H10O/c1-12(2,3)21-11(20)18-6-7-4-8(13(14,15)16)10(19)9(17)5-7;6-5-3-1-2-4-5/h4-5,19H,6,17H2,1-3H3,(H,18,20);5-6H,1-4H2. The number of hydrogen-bond donors (Lipinski definition) is 4. The molecule has 0 unspecified atom stereocenters. The summed E-state index contributed by atoms with van der Waals surface area (Å²) in [5, 5.41) is 20.4. The predicted octanol–water partition coefficient (Wildman–Crippen LogP) is 3.94. The van der Waals surface area contributed by atoms with E-state index in [0.717, 1.165) is 25.0 Å². The summed E-state index contributed by atoms with van der Waals surface area (Å²) < 4.78 is 43.1. The number of phenols is 1. The number of aliphatic hydroxyl groups excluding tert-OH is 1. The van der Waals surface area contributed by atoms with Crippen molar-refractivity contribution in [2.45, 2.75) is 70.9 Å². The number of ether oxygens (including phenoxy) is 1. The van der Waals surface area contributed by atoms with Gasteiger partial charge in [-0.25, -0.2) is 4.79 Å². The lowest BCUT2D eigenvalue weighted by Crippen LogP contribution is -2.32. The molecule has 0 spiro atoms. The Labute approximate surface area is 156 Å². The van der Waals surface area contributed by atoms with Crippen molar-refractivity contribution in [3.63, 3.8) is 0 Å². The van der Waals surface area contributed by atoms with E-state index in [1.54, 1.807) is 20.8 Å². The predicted molar refractivity (Wildman–Crippen MR) is 95.1 cm³/mol. The quantitative estimate of drug-likeness (QED) is 0.451. The number of alkyl halides is 3. The van der Waals surface area contributed by atoms with E-state index in [0.29, 0.717) is 0 Å². The van der Waals surface area contributed by atoms with Crippen LogP contribution < -0.4 is 11.1 Å². The molecule has 6 nitrogen and oxygen atoms in total. The van der Waals surface area contributed by atoms with Gasteiger partial charge < -0.3 is 26.0 Å². The maximum atomic E-state index is 12.7. The molecule has 9 heteroatoms. The summed E-state index contributed by atoms with van der Waals surface area (Å²) in [5.74, 6) is -1.02. The average Bonchev–Trinajstić information content (AvgIpc) is 2.97. The van der Waals surface area contributed by atoms with Gasteiger partial charge in [0.2, 0.25) is 0 Å². The topological polar surface area (TPSA) is 105 Å². The number of nitrogen functional groups attached to an aromatic ring is 1. The Morgan fingerprint density at radius 1 is 1.26 bits per heavy atom. The number of nitrogens with one attached hydrogen (secondary N) is 1. The van der Waals surface area contributed by atoms with Gasteiger partial charge in [-0.05, 0) is 51.3 Å². The number of phenolic OH excluding ortho intramolecular Hbond substituents is 1. The van der Waals surface area contributed by atoms with E-state index in [1.807, 2.05) is 0 Å². The molecule has 27 heavy (non-hydrogen) atoms. The van der Waals surface area contributed by atoms with Gasteiger partial charge in [0, 0.05) is 6.54 Å².